The highest BCUT2D eigenvalue weighted by Crippen LogP contribution is 2.23. The molecule has 24 heavy (non-hydrogen) atoms. The van der Waals surface area contributed by atoms with Crippen LogP contribution in [0.5, 0.6) is 0 Å². The fourth-order valence-corrected chi connectivity index (χ4v) is 2.70. The molecule has 0 aliphatic rings. The number of carbonyl (C=O) groups is 2. The Balaban J connectivity index is 2.07. The lowest BCUT2D eigenvalue weighted by Gasteiger charge is -2.09. The van der Waals surface area contributed by atoms with Gasteiger partial charge >= 0.3 is 0 Å². The van der Waals surface area contributed by atoms with Gasteiger partial charge in [0.25, 0.3) is 0 Å². The molecule has 0 atom stereocenters. The standard InChI is InChI=1S/C20H12Cl2O2/c21-15-8-6-14(7-9-15)19(23)17-11-10-16(22)12-18(17)20(24)13-4-2-1-3-5-13/h1-12H. The molecular formula is C20H12Cl2O2. The van der Waals surface area contributed by atoms with Crippen LogP contribution in [0.2, 0.25) is 10.0 Å². The van der Waals surface area contributed by atoms with Crippen LogP contribution < -0.4 is 0 Å². The molecule has 0 N–H and O–H groups in total. The Morgan fingerprint density at radius 3 is 1.79 bits per heavy atom. The molecule has 2 nitrogen and oxygen atoms in total. The van der Waals surface area contributed by atoms with Crippen molar-refractivity contribution >= 4 is 34.8 Å². The van der Waals surface area contributed by atoms with Crippen LogP contribution in [0, 0.1) is 0 Å². The number of rotatable bonds is 4. The smallest absolute Gasteiger partial charge is 0.193 e. The number of hydrogen-bond acceptors (Lipinski definition) is 2. The van der Waals surface area contributed by atoms with Gasteiger partial charge in [0.2, 0.25) is 0 Å². The second-order valence-corrected chi connectivity index (χ2v) is 6.09. The maximum Gasteiger partial charge on any atom is 0.193 e. The molecule has 0 spiro atoms. The van der Waals surface area contributed by atoms with Crippen LogP contribution in [-0.2, 0) is 0 Å². The first-order valence-corrected chi connectivity index (χ1v) is 8.01. The third kappa shape index (κ3) is 3.40. The molecule has 0 amide bonds. The molecule has 0 radical (unpaired) electrons. The SMILES string of the molecule is O=C(c1ccc(Cl)cc1)c1ccc(Cl)cc1C(=O)c1ccccc1. The lowest BCUT2D eigenvalue weighted by molar-refractivity contribution is 0.100. The van der Waals surface area contributed by atoms with Crippen LogP contribution in [0.1, 0.15) is 31.8 Å². The van der Waals surface area contributed by atoms with Gasteiger partial charge in [-0.3, -0.25) is 9.59 Å². The summed E-state index contributed by atoms with van der Waals surface area (Å²) in [4.78, 5) is 25.6. The molecule has 0 heterocycles. The van der Waals surface area contributed by atoms with Gasteiger partial charge in [0, 0.05) is 32.3 Å². The molecule has 3 rings (SSSR count). The van der Waals surface area contributed by atoms with E-state index in [1.807, 2.05) is 6.07 Å². The third-order valence-electron chi connectivity index (χ3n) is 3.61. The summed E-state index contributed by atoms with van der Waals surface area (Å²) in [6.45, 7) is 0. The highest BCUT2D eigenvalue weighted by Gasteiger charge is 2.20. The molecular weight excluding hydrogens is 343 g/mol. The van der Waals surface area contributed by atoms with Crippen molar-refractivity contribution < 1.29 is 9.59 Å². The van der Waals surface area contributed by atoms with E-state index in [4.69, 9.17) is 23.2 Å². The van der Waals surface area contributed by atoms with Gasteiger partial charge in [-0.15, -0.1) is 0 Å². The number of carbonyl (C=O) groups excluding carboxylic acids is 2. The summed E-state index contributed by atoms with van der Waals surface area (Å²) in [7, 11) is 0. The fourth-order valence-electron chi connectivity index (χ4n) is 2.40. The summed E-state index contributed by atoms with van der Waals surface area (Å²) < 4.78 is 0. The van der Waals surface area contributed by atoms with Crippen molar-refractivity contribution in [2.24, 2.45) is 0 Å². The Bertz CT molecular complexity index is 901. The van der Waals surface area contributed by atoms with Crippen molar-refractivity contribution in [3.8, 4) is 0 Å². The van der Waals surface area contributed by atoms with Gasteiger partial charge in [0.15, 0.2) is 11.6 Å². The Morgan fingerprint density at radius 1 is 0.583 bits per heavy atom. The maximum atomic E-state index is 12.8. The van der Waals surface area contributed by atoms with Gasteiger partial charge in [-0.05, 0) is 42.5 Å². The first kappa shape index (κ1) is 16.4. The first-order valence-electron chi connectivity index (χ1n) is 7.26. The van der Waals surface area contributed by atoms with E-state index in [-0.39, 0.29) is 17.1 Å². The molecule has 3 aromatic rings. The van der Waals surface area contributed by atoms with Crippen LogP contribution in [-0.4, -0.2) is 11.6 Å². The van der Waals surface area contributed by atoms with Crippen molar-refractivity contribution in [3.63, 3.8) is 0 Å². The lowest BCUT2D eigenvalue weighted by Crippen LogP contribution is -2.11. The second-order valence-electron chi connectivity index (χ2n) is 5.22. The highest BCUT2D eigenvalue weighted by atomic mass is 35.5. The van der Waals surface area contributed by atoms with Crippen LogP contribution in [0.4, 0.5) is 0 Å². The van der Waals surface area contributed by atoms with Gasteiger partial charge in [0.1, 0.15) is 0 Å². The number of halogens is 2. The van der Waals surface area contributed by atoms with Gasteiger partial charge in [-0.1, -0.05) is 53.5 Å². The zero-order valence-electron chi connectivity index (χ0n) is 12.5. The van der Waals surface area contributed by atoms with Gasteiger partial charge in [-0.2, -0.15) is 0 Å². The summed E-state index contributed by atoms with van der Waals surface area (Å²) in [6, 6.07) is 20.1. The van der Waals surface area contributed by atoms with Crippen LogP contribution in [0.15, 0.2) is 72.8 Å². The molecule has 0 aliphatic carbocycles. The lowest BCUT2D eigenvalue weighted by atomic mass is 9.93. The van der Waals surface area contributed by atoms with E-state index in [9.17, 15) is 9.59 Å². The predicted octanol–water partition coefficient (Wildman–Crippen LogP) is 5.46. The third-order valence-corrected chi connectivity index (χ3v) is 4.10. The normalized spacial score (nSPS) is 10.4. The van der Waals surface area contributed by atoms with E-state index in [0.29, 0.717) is 26.7 Å². The molecule has 118 valence electrons. The van der Waals surface area contributed by atoms with E-state index in [2.05, 4.69) is 0 Å². The van der Waals surface area contributed by atoms with Crippen molar-refractivity contribution in [3.05, 3.63) is 105 Å². The Hall–Kier alpha value is -2.42. The zero-order chi connectivity index (χ0) is 17.1. The summed E-state index contributed by atoms with van der Waals surface area (Å²) in [5.74, 6) is -0.488. The fraction of sp³-hybridized carbons (Fsp3) is 0. The van der Waals surface area contributed by atoms with E-state index < -0.39 is 0 Å². The minimum atomic E-state index is -0.248. The summed E-state index contributed by atoms with van der Waals surface area (Å²) in [5.41, 5.74) is 1.57. The van der Waals surface area contributed by atoms with E-state index in [1.165, 1.54) is 6.07 Å². The average Bonchev–Trinajstić information content (AvgIpc) is 2.62. The summed E-state index contributed by atoms with van der Waals surface area (Å²) >= 11 is 11.9. The number of benzene rings is 3. The van der Waals surface area contributed by atoms with Crippen molar-refractivity contribution in [2.75, 3.05) is 0 Å². The Morgan fingerprint density at radius 2 is 1.12 bits per heavy atom. The van der Waals surface area contributed by atoms with Crippen LogP contribution >= 0.6 is 23.2 Å². The predicted molar refractivity (Wildman–Crippen MR) is 96.2 cm³/mol. The minimum Gasteiger partial charge on any atom is -0.289 e. The van der Waals surface area contributed by atoms with Crippen LogP contribution in [0.3, 0.4) is 0 Å². The summed E-state index contributed by atoms with van der Waals surface area (Å²) in [5, 5.41) is 0.949. The number of hydrogen-bond donors (Lipinski definition) is 0. The molecule has 0 fully saturated rings. The Labute approximate surface area is 149 Å². The molecule has 4 heteroatoms. The summed E-state index contributed by atoms with van der Waals surface area (Å²) in [6.07, 6.45) is 0. The van der Waals surface area contributed by atoms with Gasteiger partial charge < -0.3 is 0 Å². The van der Waals surface area contributed by atoms with E-state index in [1.54, 1.807) is 60.7 Å². The molecule has 0 aromatic heterocycles. The van der Waals surface area contributed by atoms with Crippen LogP contribution in [0.25, 0.3) is 0 Å². The monoisotopic (exact) mass is 354 g/mol. The minimum absolute atomic E-state index is 0.240. The van der Waals surface area contributed by atoms with Crippen molar-refractivity contribution in [1.82, 2.24) is 0 Å². The Kier molecular flexibility index (Phi) is 4.79. The van der Waals surface area contributed by atoms with Crippen molar-refractivity contribution in [2.45, 2.75) is 0 Å². The maximum absolute atomic E-state index is 12.8. The molecule has 0 saturated carbocycles. The largest absolute Gasteiger partial charge is 0.289 e. The van der Waals surface area contributed by atoms with E-state index >= 15 is 0 Å². The first-order chi connectivity index (χ1) is 11.6. The molecule has 0 bridgehead atoms. The number of ketones is 2. The quantitative estimate of drug-likeness (QED) is 0.583. The zero-order valence-corrected chi connectivity index (χ0v) is 14.0. The van der Waals surface area contributed by atoms with Gasteiger partial charge in [-0.25, -0.2) is 0 Å². The average molecular weight is 355 g/mol. The second kappa shape index (κ2) is 7.00. The van der Waals surface area contributed by atoms with Gasteiger partial charge in [0.05, 0.1) is 0 Å². The molecule has 0 aliphatic heterocycles. The van der Waals surface area contributed by atoms with Crippen molar-refractivity contribution in [1.29, 1.82) is 0 Å². The molecule has 0 unspecified atom stereocenters. The molecule has 3 aromatic carbocycles. The van der Waals surface area contributed by atoms with E-state index in [0.717, 1.165) is 0 Å². The molecule has 0 saturated heterocycles. The highest BCUT2D eigenvalue weighted by molar-refractivity contribution is 6.32. The topological polar surface area (TPSA) is 34.1 Å².